The van der Waals surface area contributed by atoms with Crippen LogP contribution in [0.4, 0.5) is 0 Å². The van der Waals surface area contributed by atoms with Crippen molar-refractivity contribution in [2.75, 3.05) is 0 Å². The number of carboxylic acid groups (broad SMARTS) is 1. The number of aliphatic carboxylic acids is 1. The summed E-state index contributed by atoms with van der Waals surface area (Å²) in [5.41, 5.74) is 5.78. The van der Waals surface area contributed by atoms with Gasteiger partial charge < -0.3 is 14.2 Å². The van der Waals surface area contributed by atoms with E-state index in [4.69, 9.17) is 4.52 Å². The SMILES string of the molecule is Cc1noc(-c2ccc(-c3ccc(C4(C(=O)O)CC4)cc3)cc2)c1C[S+]([O-])Cc1ccccc1. The van der Waals surface area contributed by atoms with E-state index in [1.807, 2.05) is 85.8 Å². The summed E-state index contributed by atoms with van der Waals surface area (Å²) in [4.78, 5) is 11.6. The van der Waals surface area contributed by atoms with E-state index in [1.165, 1.54) is 0 Å². The van der Waals surface area contributed by atoms with Gasteiger partial charge in [-0.3, -0.25) is 4.79 Å². The smallest absolute Gasteiger partial charge is 0.314 e. The molecule has 1 atom stereocenters. The molecule has 172 valence electrons. The predicted molar refractivity (Wildman–Crippen MR) is 133 cm³/mol. The highest BCUT2D eigenvalue weighted by molar-refractivity contribution is 7.89. The van der Waals surface area contributed by atoms with Gasteiger partial charge in [0.2, 0.25) is 0 Å². The molecule has 0 bridgehead atoms. The van der Waals surface area contributed by atoms with Gasteiger partial charge in [0, 0.05) is 11.1 Å². The number of hydrogen-bond donors (Lipinski definition) is 1. The van der Waals surface area contributed by atoms with Gasteiger partial charge in [0.15, 0.2) is 5.76 Å². The standard InChI is InChI=1S/C28H25NO4S/c1-19-25(18-34(32)17-20-5-3-2-4-6-20)26(33-29-19)23-9-7-21(8-10-23)22-11-13-24(14-12-22)28(15-16-28)27(30)31/h2-14H,15-18H2,1H3,(H,30,31). The highest BCUT2D eigenvalue weighted by Gasteiger charge is 2.51. The Labute approximate surface area is 201 Å². The molecule has 1 unspecified atom stereocenters. The lowest BCUT2D eigenvalue weighted by atomic mass is 9.93. The van der Waals surface area contributed by atoms with Crippen molar-refractivity contribution >= 4 is 17.1 Å². The molecular weight excluding hydrogens is 446 g/mol. The monoisotopic (exact) mass is 471 g/mol. The molecule has 5 nitrogen and oxygen atoms in total. The molecule has 1 heterocycles. The second-order valence-corrected chi connectivity index (χ2v) is 10.3. The first-order valence-electron chi connectivity index (χ1n) is 11.2. The number of aromatic nitrogens is 1. The molecular formula is C28H25NO4S. The molecule has 5 rings (SSSR count). The number of benzene rings is 3. The van der Waals surface area contributed by atoms with Crippen molar-refractivity contribution < 1.29 is 19.0 Å². The normalized spacial score (nSPS) is 15.1. The Morgan fingerprint density at radius 2 is 1.53 bits per heavy atom. The second-order valence-electron chi connectivity index (χ2n) is 8.83. The fourth-order valence-corrected chi connectivity index (χ4v) is 5.63. The van der Waals surface area contributed by atoms with Crippen molar-refractivity contribution in [3.05, 3.63) is 101 Å². The number of carboxylic acids is 1. The largest absolute Gasteiger partial charge is 0.616 e. The summed E-state index contributed by atoms with van der Waals surface area (Å²) in [5.74, 6) is 0.780. The Kier molecular flexibility index (Phi) is 6.02. The average molecular weight is 472 g/mol. The molecule has 0 aliphatic heterocycles. The maximum absolute atomic E-state index is 12.8. The van der Waals surface area contributed by atoms with E-state index in [9.17, 15) is 14.5 Å². The summed E-state index contributed by atoms with van der Waals surface area (Å²) in [7, 11) is 0. The fraction of sp³-hybridized carbons (Fsp3) is 0.214. The molecule has 1 aromatic heterocycles. The van der Waals surface area contributed by atoms with E-state index in [0.29, 0.717) is 30.1 Å². The Balaban J connectivity index is 1.33. The Morgan fingerprint density at radius 3 is 2.12 bits per heavy atom. The average Bonchev–Trinajstić information content (AvgIpc) is 3.60. The lowest BCUT2D eigenvalue weighted by Crippen LogP contribution is -2.19. The minimum absolute atomic E-state index is 0.383. The second kappa shape index (κ2) is 9.12. The zero-order valence-corrected chi connectivity index (χ0v) is 19.7. The van der Waals surface area contributed by atoms with Gasteiger partial charge in [-0.1, -0.05) is 84.0 Å². The minimum Gasteiger partial charge on any atom is -0.616 e. The van der Waals surface area contributed by atoms with Crippen LogP contribution in [0.2, 0.25) is 0 Å². The molecule has 1 aliphatic rings. The number of hydrogen-bond acceptors (Lipinski definition) is 4. The first-order chi connectivity index (χ1) is 16.5. The first-order valence-corrected chi connectivity index (χ1v) is 12.7. The molecule has 0 radical (unpaired) electrons. The van der Waals surface area contributed by atoms with Crippen LogP contribution < -0.4 is 0 Å². The Morgan fingerprint density at radius 1 is 0.941 bits per heavy atom. The maximum atomic E-state index is 12.8. The summed E-state index contributed by atoms with van der Waals surface area (Å²) in [6.07, 6.45) is 1.40. The summed E-state index contributed by atoms with van der Waals surface area (Å²) < 4.78 is 18.4. The van der Waals surface area contributed by atoms with Crippen LogP contribution >= 0.6 is 0 Å². The molecule has 4 aromatic rings. The number of carbonyl (C=O) groups is 1. The highest BCUT2D eigenvalue weighted by atomic mass is 32.2. The number of aryl methyl sites for hydroxylation is 1. The Bertz CT molecular complexity index is 1290. The van der Waals surface area contributed by atoms with Gasteiger partial charge in [0.1, 0.15) is 11.5 Å². The van der Waals surface area contributed by atoms with Crippen molar-refractivity contribution in [3.8, 4) is 22.5 Å². The minimum atomic E-state index is -1.08. The summed E-state index contributed by atoms with van der Waals surface area (Å²) in [6.45, 7) is 1.88. The van der Waals surface area contributed by atoms with Gasteiger partial charge in [0.05, 0.1) is 16.7 Å². The fourth-order valence-electron chi connectivity index (χ4n) is 4.30. The van der Waals surface area contributed by atoms with Crippen LogP contribution in [0, 0.1) is 6.92 Å². The van der Waals surface area contributed by atoms with Gasteiger partial charge in [-0.05, 0) is 47.6 Å². The zero-order chi connectivity index (χ0) is 23.7. The van der Waals surface area contributed by atoms with Crippen LogP contribution in [-0.4, -0.2) is 20.8 Å². The quantitative estimate of drug-likeness (QED) is 0.324. The molecule has 0 saturated heterocycles. The number of nitrogens with zero attached hydrogens (tertiary/aromatic N) is 1. The number of rotatable bonds is 8. The van der Waals surface area contributed by atoms with Crippen molar-refractivity contribution in [2.45, 2.75) is 36.7 Å². The summed E-state index contributed by atoms with van der Waals surface area (Å²) in [5, 5.41) is 13.6. The topological polar surface area (TPSA) is 86.4 Å². The van der Waals surface area contributed by atoms with Crippen LogP contribution in [0.3, 0.4) is 0 Å². The molecule has 3 aromatic carbocycles. The van der Waals surface area contributed by atoms with E-state index < -0.39 is 22.6 Å². The maximum Gasteiger partial charge on any atom is 0.314 e. The van der Waals surface area contributed by atoms with E-state index in [1.54, 1.807) is 0 Å². The van der Waals surface area contributed by atoms with Crippen molar-refractivity contribution in [1.82, 2.24) is 5.16 Å². The van der Waals surface area contributed by atoms with Crippen LogP contribution in [0.15, 0.2) is 83.4 Å². The summed E-state index contributed by atoms with van der Waals surface area (Å²) in [6, 6.07) is 25.6. The molecule has 1 aliphatic carbocycles. The van der Waals surface area contributed by atoms with Crippen LogP contribution in [0.1, 0.15) is 35.2 Å². The zero-order valence-electron chi connectivity index (χ0n) is 18.9. The van der Waals surface area contributed by atoms with Gasteiger partial charge >= 0.3 is 5.97 Å². The van der Waals surface area contributed by atoms with Gasteiger partial charge in [-0.2, -0.15) is 0 Å². The molecule has 0 spiro atoms. The lowest BCUT2D eigenvalue weighted by Gasteiger charge is -2.12. The first kappa shape index (κ1) is 22.4. The Hall–Kier alpha value is -3.35. The molecule has 1 fully saturated rings. The van der Waals surface area contributed by atoms with Crippen molar-refractivity contribution in [1.29, 1.82) is 0 Å². The third-order valence-electron chi connectivity index (χ3n) is 6.54. The highest BCUT2D eigenvalue weighted by Crippen LogP contribution is 2.48. The predicted octanol–water partition coefficient (Wildman–Crippen LogP) is 5.88. The molecule has 34 heavy (non-hydrogen) atoms. The van der Waals surface area contributed by atoms with E-state index in [2.05, 4.69) is 5.16 Å². The summed E-state index contributed by atoms with van der Waals surface area (Å²) >= 11 is -1.08. The van der Waals surface area contributed by atoms with Gasteiger partial charge in [-0.15, -0.1) is 0 Å². The van der Waals surface area contributed by atoms with Gasteiger partial charge in [-0.25, -0.2) is 0 Å². The molecule has 0 amide bonds. The molecule has 1 saturated carbocycles. The lowest BCUT2D eigenvalue weighted by molar-refractivity contribution is -0.140. The van der Waals surface area contributed by atoms with Crippen molar-refractivity contribution in [2.24, 2.45) is 0 Å². The van der Waals surface area contributed by atoms with Crippen LogP contribution in [0.5, 0.6) is 0 Å². The van der Waals surface area contributed by atoms with Crippen LogP contribution in [-0.2, 0) is 32.9 Å². The van der Waals surface area contributed by atoms with E-state index in [0.717, 1.165) is 39.1 Å². The molecule has 6 heteroatoms. The van der Waals surface area contributed by atoms with Crippen LogP contribution in [0.25, 0.3) is 22.5 Å². The van der Waals surface area contributed by atoms with Gasteiger partial charge in [0.25, 0.3) is 0 Å². The third-order valence-corrected chi connectivity index (χ3v) is 7.80. The van der Waals surface area contributed by atoms with Crippen molar-refractivity contribution in [3.63, 3.8) is 0 Å². The third kappa shape index (κ3) is 4.39. The molecule has 1 N–H and O–H groups in total. The van der Waals surface area contributed by atoms with E-state index in [-0.39, 0.29) is 0 Å². The van der Waals surface area contributed by atoms with E-state index >= 15 is 0 Å².